The SMILES string of the molecule is C/C=C(Cl)\C=C(\Cl)C(C)N1CCN(Cc2ccc(F)c(F)c2)CC1c1ccc(C(F)(F)F)cc1. The van der Waals surface area contributed by atoms with Gasteiger partial charge in [-0.05, 0) is 55.3 Å². The van der Waals surface area contributed by atoms with E-state index in [1.165, 1.54) is 18.2 Å². The summed E-state index contributed by atoms with van der Waals surface area (Å²) in [5.74, 6) is -1.83. The highest BCUT2D eigenvalue weighted by molar-refractivity contribution is 6.34. The molecule has 0 radical (unpaired) electrons. The molecule has 0 bridgehead atoms. The second-order valence-corrected chi connectivity index (χ2v) is 9.11. The molecule has 0 N–H and O–H groups in total. The summed E-state index contributed by atoms with van der Waals surface area (Å²) >= 11 is 12.6. The smallest absolute Gasteiger partial charge is 0.296 e. The van der Waals surface area contributed by atoms with Gasteiger partial charge in [0.05, 0.1) is 5.56 Å². The van der Waals surface area contributed by atoms with Crippen molar-refractivity contribution in [3.05, 3.63) is 93.0 Å². The van der Waals surface area contributed by atoms with Gasteiger partial charge in [0, 0.05) is 48.3 Å². The fourth-order valence-corrected chi connectivity index (χ4v) is 4.46. The van der Waals surface area contributed by atoms with Crippen molar-refractivity contribution in [1.82, 2.24) is 9.80 Å². The molecule has 9 heteroatoms. The van der Waals surface area contributed by atoms with Crippen molar-refractivity contribution >= 4 is 23.2 Å². The van der Waals surface area contributed by atoms with Crippen LogP contribution in [0.1, 0.15) is 36.6 Å². The van der Waals surface area contributed by atoms with Crippen molar-refractivity contribution in [3.63, 3.8) is 0 Å². The topological polar surface area (TPSA) is 6.48 Å². The van der Waals surface area contributed by atoms with Gasteiger partial charge >= 0.3 is 6.18 Å². The Morgan fingerprint density at radius 2 is 1.74 bits per heavy atom. The van der Waals surface area contributed by atoms with Gasteiger partial charge in [-0.15, -0.1) is 0 Å². The van der Waals surface area contributed by atoms with Crippen LogP contribution in [-0.4, -0.2) is 35.5 Å². The van der Waals surface area contributed by atoms with E-state index in [0.29, 0.717) is 47.4 Å². The van der Waals surface area contributed by atoms with Gasteiger partial charge < -0.3 is 0 Å². The number of rotatable bonds is 6. The van der Waals surface area contributed by atoms with Gasteiger partial charge in [-0.1, -0.05) is 47.5 Å². The Hall–Kier alpha value is -1.93. The minimum Gasteiger partial charge on any atom is -0.296 e. The molecule has 2 aromatic rings. The fraction of sp³-hybridized carbons (Fsp3) is 0.360. The van der Waals surface area contributed by atoms with Gasteiger partial charge in [-0.3, -0.25) is 9.80 Å². The zero-order valence-electron chi connectivity index (χ0n) is 18.7. The maximum Gasteiger partial charge on any atom is 0.416 e. The summed E-state index contributed by atoms with van der Waals surface area (Å²) in [5.41, 5.74) is 0.601. The van der Waals surface area contributed by atoms with Crippen LogP contribution in [0.25, 0.3) is 0 Å². The Kier molecular flexibility index (Phi) is 8.79. The lowest BCUT2D eigenvalue weighted by molar-refractivity contribution is -0.137. The molecule has 1 aliphatic rings. The van der Waals surface area contributed by atoms with Crippen LogP contribution in [0.4, 0.5) is 22.0 Å². The molecule has 0 spiro atoms. The largest absolute Gasteiger partial charge is 0.416 e. The third-order valence-electron chi connectivity index (χ3n) is 5.97. The molecule has 184 valence electrons. The van der Waals surface area contributed by atoms with E-state index in [1.807, 2.05) is 6.92 Å². The van der Waals surface area contributed by atoms with Crippen molar-refractivity contribution in [1.29, 1.82) is 0 Å². The molecular formula is C25H25Cl2F5N2. The first-order valence-electron chi connectivity index (χ1n) is 10.8. The molecule has 2 aromatic carbocycles. The highest BCUT2D eigenvalue weighted by Crippen LogP contribution is 2.34. The molecule has 1 aliphatic heterocycles. The molecular weight excluding hydrogens is 494 g/mol. The average Bonchev–Trinajstić information content (AvgIpc) is 2.80. The van der Waals surface area contributed by atoms with Crippen molar-refractivity contribution in [2.75, 3.05) is 19.6 Å². The molecule has 1 fully saturated rings. The zero-order chi connectivity index (χ0) is 25.0. The van der Waals surface area contributed by atoms with Crippen LogP contribution in [0, 0.1) is 11.6 Å². The summed E-state index contributed by atoms with van der Waals surface area (Å²) in [6.07, 6.45) is -1.05. The van der Waals surface area contributed by atoms with E-state index in [9.17, 15) is 22.0 Å². The predicted octanol–water partition coefficient (Wildman–Crippen LogP) is 7.50. The summed E-state index contributed by atoms with van der Waals surface area (Å²) < 4.78 is 66.2. The molecule has 2 nitrogen and oxygen atoms in total. The molecule has 0 aromatic heterocycles. The van der Waals surface area contributed by atoms with Crippen LogP contribution in [-0.2, 0) is 12.7 Å². The van der Waals surface area contributed by atoms with Gasteiger partial charge in [0.25, 0.3) is 0 Å². The minimum absolute atomic E-state index is 0.243. The number of hydrogen-bond donors (Lipinski definition) is 0. The molecule has 2 atom stereocenters. The van der Waals surface area contributed by atoms with Crippen LogP contribution in [0.2, 0.25) is 0 Å². The first-order chi connectivity index (χ1) is 16.0. The van der Waals surface area contributed by atoms with Gasteiger partial charge in [0.2, 0.25) is 0 Å². The van der Waals surface area contributed by atoms with Gasteiger partial charge in [-0.2, -0.15) is 13.2 Å². The predicted molar refractivity (Wildman–Crippen MR) is 126 cm³/mol. The maximum absolute atomic E-state index is 13.7. The Labute approximate surface area is 206 Å². The number of piperazine rings is 1. The quantitative estimate of drug-likeness (QED) is 0.288. The lowest BCUT2D eigenvalue weighted by Crippen LogP contribution is -2.51. The Bertz CT molecular complexity index is 1050. The molecule has 2 unspecified atom stereocenters. The van der Waals surface area contributed by atoms with E-state index in [4.69, 9.17) is 23.2 Å². The van der Waals surface area contributed by atoms with Crippen LogP contribution < -0.4 is 0 Å². The summed E-state index contributed by atoms with van der Waals surface area (Å²) in [6, 6.07) is 8.36. The van der Waals surface area contributed by atoms with E-state index in [-0.39, 0.29) is 12.1 Å². The molecule has 0 amide bonds. The van der Waals surface area contributed by atoms with Gasteiger partial charge in [-0.25, -0.2) is 8.78 Å². The number of alkyl halides is 3. The lowest BCUT2D eigenvalue weighted by atomic mass is 9.98. The normalized spacial score (nSPS) is 20.0. The Balaban J connectivity index is 1.88. The Morgan fingerprint density at radius 1 is 1.06 bits per heavy atom. The van der Waals surface area contributed by atoms with Crippen molar-refractivity contribution < 1.29 is 22.0 Å². The average molecular weight is 519 g/mol. The van der Waals surface area contributed by atoms with E-state index < -0.39 is 23.4 Å². The number of hydrogen-bond acceptors (Lipinski definition) is 2. The first-order valence-corrected chi connectivity index (χ1v) is 11.5. The highest BCUT2D eigenvalue weighted by atomic mass is 35.5. The molecule has 0 saturated carbocycles. The number of allylic oxidation sites excluding steroid dienone is 3. The monoisotopic (exact) mass is 518 g/mol. The summed E-state index contributed by atoms with van der Waals surface area (Å²) in [6.45, 7) is 5.73. The summed E-state index contributed by atoms with van der Waals surface area (Å²) in [5, 5.41) is 0.994. The third kappa shape index (κ3) is 6.60. The summed E-state index contributed by atoms with van der Waals surface area (Å²) in [4.78, 5) is 4.18. The molecule has 34 heavy (non-hydrogen) atoms. The fourth-order valence-electron chi connectivity index (χ4n) is 4.04. The van der Waals surface area contributed by atoms with Crippen molar-refractivity contribution in [2.45, 2.75) is 38.7 Å². The van der Waals surface area contributed by atoms with Crippen LogP contribution >= 0.6 is 23.2 Å². The van der Waals surface area contributed by atoms with E-state index >= 15 is 0 Å². The number of benzene rings is 2. The van der Waals surface area contributed by atoms with Crippen LogP contribution in [0.5, 0.6) is 0 Å². The summed E-state index contributed by atoms with van der Waals surface area (Å²) in [7, 11) is 0. The van der Waals surface area contributed by atoms with Crippen molar-refractivity contribution in [2.24, 2.45) is 0 Å². The maximum atomic E-state index is 13.7. The standard InChI is InChI=1S/C25H25Cl2F5N2/c1-3-20(26)13-21(27)16(2)34-11-10-33(14-17-4-9-22(28)23(29)12-17)15-24(34)18-5-7-19(8-6-18)25(30,31)32/h3-9,12-13,16,24H,10-11,14-15H2,1-2H3/b20-3+,21-13+. The van der Waals surface area contributed by atoms with Crippen LogP contribution in [0.15, 0.2) is 64.7 Å². The Morgan fingerprint density at radius 3 is 2.32 bits per heavy atom. The molecule has 1 heterocycles. The number of halogens is 7. The lowest BCUT2D eigenvalue weighted by Gasteiger charge is -2.44. The third-order valence-corrected chi connectivity index (χ3v) is 6.72. The molecule has 1 saturated heterocycles. The molecule has 0 aliphatic carbocycles. The van der Waals surface area contributed by atoms with E-state index in [0.717, 1.165) is 24.3 Å². The zero-order valence-corrected chi connectivity index (χ0v) is 20.2. The van der Waals surface area contributed by atoms with Gasteiger partial charge in [0.15, 0.2) is 11.6 Å². The molecule has 3 rings (SSSR count). The van der Waals surface area contributed by atoms with Gasteiger partial charge in [0.1, 0.15) is 0 Å². The first kappa shape index (κ1) is 26.7. The second kappa shape index (κ2) is 11.2. The van der Waals surface area contributed by atoms with Crippen LogP contribution in [0.3, 0.4) is 0 Å². The highest BCUT2D eigenvalue weighted by Gasteiger charge is 2.34. The minimum atomic E-state index is -4.42. The number of nitrogens with zero attached hydrogens (tertiary/aromatic N) is 2. The van der Waals surface area contributed by atoms with Crippen molar-refractivity contribution in [3.8, 4) is 0 Å². The second-order valence-electron chi connectivity index (χ2n) is 8.24. The van der Waals surface area contributed by atoms with E-state index in [2.05, 4.69) is 9.80 Å². The van der Waals surface area contributed by atoms with E-state index in [1.54, 1.807) is 19.1 Å².